The van der Waals surface area contributed by atoms with Gasteiger partial charge in [-0.3, -0.25) is 0 Å². The number of likely N-dealkylation sites (tertiary alicyclic amines) is 1. The van der Waals surface area contributed by atoms with Crippen molar-refractivity contribution in [1.29, 1.82) is 0 Å². The third-order valence-electron chi connectivity index (χ3n) is 3.87. The molecule has 0 saturated carbocycles. The van der Waals surface area contributed by atoms with Gasteiger partial charge in [-0.1, -0.05) is 6.07 Å². The maximum Gasteiger partial charge on any atom is 0.0411 e. The monoisotopic (exact) mass is 247 g/mol. The van der Waals surface area contributed by atoms with Crippen LogP contribution in [0.3, 0.4) is 0 Å². The van der Waals surface area contributed by atoms with Gasteiger partial charge in [0.05, 0.1) is 0 Å². The second-order valence-corrected chi connectivity index (χ2v) is 5.57. The molecule has 0 amide bonds. The van der Waals surface area contributed by atoms with E-state index in [1.54, 1.807) is 0 Å². The minimum Gasteiger partial charge on any atom is -0.382 e. The van der Waals surface area contributed by atoms with Crippen LogP contribution >= 0.6 is 0 Å². The van der Waals surface area contributed by atoms with Crippen LogP contribution in [0.4, 0.5) is 11.4 Å². The summed E-state index contributed by atoms with van der Waals surface area (Å²) in [5.74, 6) is 0. The Labute approximate surface area is 111 Å². The van der Waals surface area contributed by atoms with E-state index in [0.29, 0.717) is 6.04 Å². The van der Waals surface area contributed by atoms with Crippen LogP contribution in [0.5, 0.6) is 0 Å². The third kappa shape index (κ3) is 2.96. The van der Waals surface area contributed by atoms with Crippen LogP contribution in [0.25, 0.3) is 0 Å². The van der Waals surface area contributed by atoms with E-state index < -0.39 is 0 Å². The average Bonchev–Trinajstić information content (AvgIpc) is 2.34. The van der Waals surface area contributed by atoms with Crippen molar-refractivity contribution in [2.45, 2.75) is 25.8 Å². The highest BCUT2D eigenvalue weighted by Crippen LogP contribution is 2.27. The quantitative estimate of drug-likeness (QED) is 0.885. The number of benzene rings is 1. The summed E-state index contributed by atoms with van der Waals surface area (Å²) in [7, 11) is 6.40. The highest BCUT2D eigenvalue weighted by Gasteiger charge is 2.17. The zero-order valence-corrected chi connectivity index (χ0v) is 12.0. The van der Waals surface area contributed by atoms with Gasteiger partial charge in [0, 0.05) is 31.5 Å². The normalized spacial score (nSPS) is 17.8. The van der Waals surface area contributed by atoms with Crippen molar-refractivity contribution in [2.24, 2.45) is 0 Å². The maximum atomic E-state index is 3.71. The van der Waals surface area contributed by atoms with Crippen LogP contribution in [0.1, 0.15) is 18.4 Å². The lowest BCUT2D eigenvalue weighted by molar-refractivity contribution is 0.264. The molecule has 3 nitrogen and oxygen atoms in total. The largest absolute Gasteiger partial charge is 0.382 e. The molecule has 1 aromatic carbocycles. The fourth-order valence-corrected chi connectivity index (χ4v) is 2.64. The van der Waals surface area contributed by atoms with E-state index >= 15 is 0 Å². The van der Waals surface area contributed by atoms with Crippen molar-refractivity contribution in [3.63, 3.8) is 0 Å². The highest BCUT2D eigenvalue weighted by atomic mass is 15.1. The smallest absolute Gasteiger partial charge is 0.0411 e. The Bertz CT molecular complexity index is 393. The van der Waals surface area contributed by atoms with Crippen molar-refractivity contribution in [3.8, 4) is 0 Å². The molecule has 1 aromatic rings. The molecule has 1 aliphatic rings. The number of nitrogens with one attached hydrogen (secondary N) is 1. The number of hydrogen-bond donors (Lipinski definition) is 1. The second kappa shape index (κ2) is 5.61. The van der Waals surface area contributed by atoms with E-state index in [-0.39, 0.29) is 0 Å². The minimum atomic E-state index is 0.623. The Balaban J connectivity index is 2.07. The van der Waals surface area contributed by atoms with E-state index in [9.17, 15) is 0 Å². The van der Waals surface area contributed by atoms with Crippen LogP contribution < -0.4 is 10.2 Å². The molecular formula is C15H25N3. The molecule has 1 saturated heterocycles. The molecule has 0 bridgehead atoms. The number of piperidine rings is 1. The lowest BCUT2D eigenvalue weighted by Crippen LogP contribution is -2.36. The van der Waals surface area contributed by atoms with Gasteiger partial charge in [-0.05, 0) is 57.6 Å². The number of anilines is 2. The molecular weight excluding hydrogens is 222 g/mol. The van der Waals surface area contributed by atoms with Gasteiger partial charge in [-0.15, -0.1) is 0 Å². The molecule has 1 aliphatic heterocycles. The van der Waals surface area contributed by atoms with E-state index in [2.05, 4.69) is 61.4 Å². The molecule has 3 heteroatoms. The van der Waals surface area contributed by atoms with E-state index in [1.807, 2.05) is 0 Å². The summed E-state index contributed by atoms with van der Waals surface area (Å²) in [6, 6.07) is 7.13. The third-order valence-corrected chi connectivity index (χ3v) is 3.87. The van der Waals surface area contributed by atoms with Gasteiger partial charge in [-0.2, -0.15) is 0 Å². The summed E-state index contributed by atoms with van der Waals surface area (Å²) in [5.41, 5.74) is 3.94. The molecule has 100 valence electrons. The van der Waals surface area contributed by atoms with Gasteiger partial charge in [0.1, 0.15) is 0 Å². The molecule has 0 spiro atoms. The zero-order valence-electron chi connectivity index (χ0n) is 12.0. The summed E-state index contributed by atoms with van der Waals surface area (Å²) in [6.07, 6.45) is 2.48. The molecule has 1 fully saturated rings. The Kier molecular flexibility index (Phi) is 4.12. The highest BCUT2D eigenvalue weighted by molar-refractivity contribution is 5.65. The van der Waals surface area contributed by atoms with Gasteiger partial charge in [-0.25, -0.2) is 0 Å². The van der Waals surface area contributed by atoms with Crippen molar-refractivity contribution in [3.05, 3.63) is 23.8 Å². The van der Waals surface area contributed by atoms with E-state index in [4.69, 9.17) is 0 Å². The fourth-order valence-electron chi connectivity index (χ4n) is 2.64. The molecule has 18 heavy (non-hydrogen) atoms. The van der Waals surface area contributed by atoms with Crippen molar-refractivity contribution < 1.29 is 0 Å². The van der Waals surface area contributed by atoms with E-state index in [0.717, 1.165) is 0 Å². The molecule has 0 radical (unpaired) electrons. The van der Waals surface area contributed by atoms with Gasteiger partial charge >= 0.3 is 0 Å². The maximum absolute atomic E-state index is 3.71. The molecule has 0 atom stereocenters. The zero-order chi connectivity index (χ0) is 13.1. The summed E-state index contributed by atoms with van der Waals surface area (Å²) in [6.45, 7) is 4.60. The predicted molar refractivity (Wildman–Crippen MR) is 79.6 cm³/mol. The first-order valence-electron chi connectivity index (χ1n) is 6.80. The fraction of sp³-hybridized carbons (Fsp3) is 0.600. The molecule has 0 aromatic heterocycles. The Morgan fingerprint density at radius 2 is 1.89 bits per heavy atom. The SMILES string of the molecule is Cc1c(NC2CCN(C)CC2)cccc1N(C)C. The molecule has 1 heterocycles. The molecule has 1 N–H and O–H groups in total. The summed E-state index contributed by atoms with van der Waals surface area (Å²) in [5, 5.41) is 3.71. The minimum absolute atomic E-state index is 0.623. The summed E-state index contributed by atoms with van der Waals surface area (Å²) in [4.78, 5) is 4.58. The number of hydrogen-bond acceptors (Lipinski definition) is 3. The first-order chi connectivity index (χ1) is 8.58. The van der Waals surface area contributed by atoms with Crippen LogP contribution in [-0.4, -0.2) is 45.2 Å². The second-order valence-electron chi connectivity index (χ2n) is 5.57. The lowest BCUT2D eigenvalue weighted by atomic mass is 10.0. The standard InChI is InChI=1S/C15H25N3/c1-12-14(6-5-7-15(12)17(2)3)16-13-8-10-18(4)11-9-13/h5-7,13,16H,8-11H2,1-4H3. The topological polar surface area (TPSA) is 18.5 Å². The molecule has 2 rings (SSSR count). The van der Waals surface area contributed by atoms with Crippen LogP contribution in [-0.2, 0) is 0 Å². The van der Waals surface area contributed by atoms with Crippen LogP contribution in [0.15, 0.2) is 18.2 Å². The van der Waals surface area contributed by atoms with Gasteiger partial charge in [0.25, 0.3) is 0 Å². The Morgan fingerprint density at radius 1 is 1.22 bits per heavy atom. The van der Waals surface area contributed by atoms with E-state index in [1.165, 1.54) is 42.9 Å². The van der Waals surface area contributed by atoms with Crippen LogP contribution in [0.2, 0.25) is 0 Å². The Hall–Kier alpha value is -1.22. The number of nitrogens with zero attached hydrogens (tertiary/aromatic N) is 2. The summed E-state index contributed by atoms with van der Waals surface area (Å²) < 4.78 is 0. The Morgan fingerprint density at radius 3 is 2.50 bits per heavy atom. The van der Waals surface area contributed by atoms with Crippen molar-refractivity contribution >= 4 is 11.4 Å². The average molecular weight is 247 g/mol. The van der Waals surface area contributed by atoms with Crippen LogP contribution in [0, 0.1) is 6.92 Å². The summed E-state index contributed by atoms with van der Waals surface area (Å²) >= 11 is 0. The first-order valence-corrected chi connectivity index (χ1v) is 6.80. The number of rotatable bonds is 3. The van der Waals surface area contributed by atoms with Crippen molar-refractivity contribution in [1.82, 2.24) is 4.90 Å². The van der Waals surface area contributed by atoms with Gasteiger partial charge < -0.3 is 15.1 Å². The predicted octanol–water partition coefficient (Wildman–Crippen LogP) is 2.57. The van der Waals surface area contributed by atoms with Gasteiger partial charge in [0.2, 0.25) is 0 Å². The first kappa shape index (κ1) is 13.2. The van der Waals surface area contributed by atoms with Gasteiger partial charge in [0.15, 0.2) is 0 Å². The molecule has 0 unspecified atom stereocenters. The van der Waals surface area contributed by atoms with Crippen molar-refractivity contribution in [2.75, 3.05) is 44.4 Å². The lowest BCUT2D eigenvalue weighted by Gasteiger charge is -2.31. The molecule has 0 aliphatic carbocycles.